The van der Waals surface area contributed by atoms with Crippen LogP contribution < -0.4 is 5.32 Å². The van der Waals surface area contributed by atoms with Crippen LogP contribution in [0.5, 0.6) is 0 Å². The molecule has 0 radical (unpaired) electrons. The molecule has 0 saturated heterocycles. The molecule has 0 aliphatic rings. The van der Waals surface area contributed by atoms with Crippen molar-refractivity contribution in [1.29, 1.82) is 0 Å². The smallest absolute Gasteiger partial charge is 0.281 e. The van der Waals surface area contributed by atoms with Gasteiger partial charge in [-0.25, -0.2) is 9.67 Å². The lowest BCUT2D eigenvalue weighted by Gasteiger charge is -2.03. The molecule has 2 aromatic heterocycles. The fraction of sp³-hybridized carbons (Fsp3) is 0.200. The fourth-order valence-electron chi connectivity index (χ4n) is 1.98. The molecule has 0 saturated carbocycles. The lowest BCUT2D eigenvalue weighted by atomic mass is 10.1. The van der Waals surface area contributed by atoms with E-state index in [1.165, 1.54) is 21.6 Å². The number of hydrogen-bond acceptors (Lipinski definition) is 5. The highest BCUT2D eigenvalue weighted by Gasteiger charge is 2.19. The van der Waals surface area contributed by atoms with Crippen LogP contribution in [0.15, 0.2) is 30.5 Å². The molecule has 0 bridgehead atoms. The van der Waals surface area contributed by atoms with E-state index in [0.29, 0.717) is 11.7 Å². The molecule has 3 rings (SSSR count). The number of amides is 1. The van der Waals surface area contributed by atoms with Gasteiger partial charge < -0.3 is 0 Å². The number of benzene rings is 1. The first-order valence-electron chi connectivity index (χ1n) is 6.91. The Bertz CT molecular complexity index is 840. The Morgan fingerprint density at radius 2 is 2.04 bits per heavy atom. The predicted octanol–water partition coefficient (Wildman–Crippen LogP) is 3.31. The normalized spacial score (nSPS) is 10.7. The first-order valence-corrected chi connectivity index (χ1v) is 8.10. The molecule has 0 unspecified atom stereocenters. The van der Waals surface area contributed by atoms with Crippen LogP contribution in [0.4, 0.5) is 5.13 Å². The molecular formula is C15H14ClN5OS. The van der Waals surface area contributed by atoms with Gasteiger partial charge in [0, 0.05) is 11.1 Å². The van der Waals surface area contributed by atoms with Gasteiger partial charge in [-0.3, -0.25) is 10.1 Å². The van der Waals surface area contributed by atoms with Crippen LogP contribution in [-0.4, -0.2) is 25.9 Å². The Morgan fingerprint density at radius 1 is 1.30 bits per heavy atom. The first kappa shape index (κ1) is 15.6. The Morgan fingerprint density at radius 3 is 2.70 bits per heavy atom. The maximum atomic E-state index is 12.2. The van der Waals surface area contributed by atoms with Crippen molar-refractivity contribution < 1.29 is 4.79 Å². The number of nitrogens with one attached hydrogen (secondary N) is 1. The molecule has 0 fully saturated rings. The van der Waals surface area contributed by atoms with Gasteiger partial charge in [0.15, 0.2) is 16.0 Å². The van der Waals surface area contributed by atoms with Gasteiger partial charge in [0.25, 0.3) is 5.91 Å². The number of carbonyl (C=O) groups excluding carboxylic acids is 1. The summed E-state index contributed by atoms with van der Waals surface area (Å²) < 4.78 is 1.49. The number of anilines is 1. The highest BCUT2D eigenvalue weighted by atomic mass is 35.5. The Balaban J connectivity index is 1.75. The van der Waals surface area contributed by atoms with Gasteiger partial charge in [0.1, 0.15) is 0 Å². The van der Waals surface area contributed by atoms with Crippen LogP contribution >= 0.6 is 22.9 Å². The lowest BCUT2D eigenvalue weighted by molar-refractivity contribution is 0.102. The van der Waals surface area contributed by atoms with E-state index in [9.17, 15) is 4.79 Å². The summed E-state index contributed by atoms with van der Waals surface area (Å²) in [5, 5.41) is 11.2. The van der Waals surface area contributed by atoms with Gasteiger partial charge >= 0.3 is 0 Å². The van der Waals surface area contributed by atoms with Gasteiger partial charge in [0.05, 0.1) is 6.54 Å². The zero-order valence-electron chi connectivity index (χ0n) is 12.6. The summed E-state index contributed by atoms with van der Waals surface area (Å²) in [5.74, 6) is -0.417. The second kappa shape index (κ2) is 6.47. The number of rotatable bonds is 4. The molecule has 0 atom stereocenters. The van der Waals surface area contributed by atoms with Gasteiger partial charge in [-0.1, -0.05) is 46.6 Å². The van der Waals surface area contributed by atoms with E-state index in [-0.39, 0.29) is 10.8 Å². The van der Waals surface area contributed by atoms with Gasteiger partial charge in [-0.15, -0.1) is 16.4 Å². The van der Waals surface area contributed by atoms with E-state index in [0.717, 1.165) is 10.4 Å². The third-order valence-corrected chi connectivity index (χ3v) is 4.39. The van der Waals surface area contributed by atoms with Crippen LogP contribution in [0.25, 0.3) is 0 Å². The average Bonchev–Trinajstić information content (AvgIpc) is 3.08. The van der Waals surface area contributed by atoms with E-state index in [1.807, 2.05) is 38.1 Å². The van der Waals surface area contributed by atoms with Crippen LogP contribution in [0, 0.1) is 13.8 Å². The van der Waals surface area contributed by atoms with Crippen molar-refractivity contribution in [3.8, 4) is 0 Å². The first-order chi connectivity index (χ1) is 11.0. The quantitative estimate of drug-likeness (QED) is 0.785. The van der Waals surface area contributed by atoms with E-state index in [2.05, 4.69) is 20.6 Å². The van der Waals surface area contributed by atoms with Gasteiger partial charge in [-0.05, 0) is 19.4 Å². The maximum Gasteiger partial charge on any atom is 0.281 e. The second-order valence-electron chi connectivity index (χ2n) is 5.10. The van der Waals surface area contributed by atoms with Crippen molar-refractivity contribution in [3.63, 3.8) is 0 Å². The third-order valence-electron chi connectivity index (χ3n) is 3.18. The summed E-state index contributed by atoms with van der Waals surface area (Å²) in [7, 11) is 0. The van der Waals surface area contributed by atoms with Gasteiger partial charge in [-0.2, -0.15) is 0 Å². The minimum Gasteiger partial charge on any atom is -0.296 e. The van der Waals surface area contributed by atoms with Crippen LogP contribution in [0.1, 0.15) is 26.5 Å². The minimum atomic E-state index is -0.417. The molecule has 2 heterocycles. The minimum absolute atomic E-state index is 0.0895. The molecule has 0 spiro atoms. The van der Waals surface area contributed by atoms with Gasteiger partial charge in [0.2, 0.25) is 0 Å². The number of aryl methyl sites for hydroxylation is 2. The number of aromatic nitrogens is 4. The zero-order chi connectivity index (χ0) is 16.4. The number of thiazole rings is 1. The monoisotopic (exact) mass is 347 g/mol. The number of halogens is 1. The third kappa shape index (κ3) is 3.57. The topological polar surface area (TPSA) is 72.7 Å². The largest absolute Gasteiger partial charge is 0.296 e. The molecular weight excluding hydrogens is 334 g/mol. The molecule has 1 aromatic carbocycles. The molecule has 0 aliphatic carbocycles. The average molecular weight is 348 g/mol. The Hall–Kier alpha value is -2.25. The number of carbonyl (C=O) groups is 1. The summed E-state index contributed by atoms with van der Waals surface area (Å²) in [6.07, 6.45) is 1.69. The molecule has 8 heteroatoms. The molecule has 0 aliphatic heterocycles. The highest BCUT2D eigenvalue weighted by molar-refractivity contribution is 7.15. The van der Waals surface area contributed by atoms with Crippen molar-refractivity contribution in [2.45, 2.75) is 20.4 Å². The van der Waals surface area contributed by atoms with Crippen LogP contribution in [0.2, 0.25) is 5.15 Å². The van der Waals surface area contributed by atoms with Crippen molar-refractivity contribution in [2.75, 3.05) is 5.32 Å². The maximum absolute atomic E-state index is 12.2. The van der Waals surface area contributed by atoms with Crippen LogP contribution in [0.3, 0.4) is 0 Å². The van der Waals surface area contributed by atoms with Crippen molar-refractivity contribution >= 4 is 34.0 Å². The van der Waals surface area contributed by atoms with Crippen molar-refractivity contribution in [2.24, 2.45) is 0 Å². The number of nitrogens with zero attached hydrogens (tertiary/aromatic N) is 4. The summed E-state index contributed by atoms with van der Waals surface area (Å²) in [6, 6.07) is 8.01. The highest BCUT2D eigenvalue weighted by Crippen LogP contribution is 2.20. The molecule has 3 aromatic rings. The summed E-state index contributed by atoms with van der Waals surface area (Å²) in [5.41, 5.74) is 2.30. The summed E-state index contributed by atoms with van der Waals surface area (Å²) >= 11 is 7.62. The lowest BCUT2D eigenvalue weighted by Crippen LogP contribution is -2.13. The Kier molecular flexibility index (Phi) is 4.40. The van der Waals surface area contributed by atoms with E-state index < -0.39 is 5.91 Å². The van der Waals surface area contributed by atoms with Crippen LogP contribution in [-0.2, 0) is 6.54 Å². The van der Waals surface area contributed by atoms with Crippen molar-refractivity contribution in [1.82, 2.24) is 20.0 Å². The standard InChI is InChI=1S/C15H14ClN5OS/c1-9-3-5-11(6-4-9)8-21-13(16)12(19-20-21)14(22)18-15-17-7-10(2)23-15/h3-7H,8H2,1-2H3,(H,17,18,22). The molecule has 1 amide bonds. The fourth-order valence-corrected chi connectivity index (χ4v) is 2.85. The molecule has 1 N–H and O–H groups in total. The second-order valence-corrected chi connectivity index (χ2v) is 6.70. The number of hydrogen-bond donors (Lipinski definition) is 1. The van der Waals surface area contributed by atoms with Crippen molar-refractivity contribution in [3.05, 3.63) is 57.3 Å². The van der Waals surface area contributed by atoms with E-state index >= 15 is 0 Å². The van der Waals surface area contributed by atoms with E-state index in [4.69, 9.17) is 11.6 Å². The molecule has 23 heavy (non-hydrogen) atoms. The summed E-state index contributed by atoms with van der Waals surface area (Å²) in [6.45, 7) is 4.39. The molecule has 6 nitrogen and oxygen atoms in total. The molecule has 118 valence electrons. The SMILES string of the molecule is Cc1ccc(Cn2nnc(C(=O)Nc3ncc(C)s3)c2Cl)cc1. The zero-order valence-corrected chi connectivity index (χ0v) is 14.1. The van der Waals surface area contributed by atoms with E-state index in [1.54, 1.807) is 6.20 Å². The predicted molar refractivity (Wildman–Crippen MR) is 90.1 cm³/mol. The summed E-state index contributed by atoms with van der Waals surface area (Å²) in [4.78, 5) is 17.3. The Labute approximate surface area is 142 Å².